The van der Waals surface area contributed by atoms with Gasteiger partial charge >= 0.3 is 0 Å². The van der Waals surface area contributed by atoms with Crippen LogP contribution in [0.1, 0.15) is 37.1 Å². The third-order valence-electron chi connectivity index (χ3n) is 3.76. The summed E-state index contributed by atoms with van der Waals surface area (Å²) >= 11 is 2.04. The van der Waals surface area contributed by atoms with Gasteiger partial charge in [-0.2, -0.15) is 11.8 Å². The number of thioether (sulfide) groups is 1. The van der Waals surface area contributed by atoms with Gasteiger partial charge < -0.3 is 20.4 Å². The van der Waals surface area contributed by atoms with Crippen molar-refractivity contribution in [3.05, 3.63) is 23.7 Å². The normalized spacial score (nSPS) is 19.2. The maximum absolute atomic E-state index is 11.1. The lowest BCUT2D eigenvalue weighted by atomic mass is 10.1. The Labute approximate surface area is 141 Å². The van der Waals surface area contributed by atoms with E-state index in [9.17, 15) is 4.79 Å². The highest BCUT2D eigenvalue weighted by atomic mass is 32.2. The minimum atomic E-state index is -0.556. The number of hydrogen-bond acceptors (Lipinski definition) is 4. The van der Waals surface area contributed by atoms with Gasteiger partial charge in [-0.15, -0.1) is 0 Å². The smallest absolute Gasteiger partial charge is 0.284 e. The van der Waals surface area contributed by atoms with E-state index in [2.05, 4.69) is 36.0 Å². The van der Waals surface area contributed by atoms with Crippen molar-refractivity contribution in [2.24, 2.45) is 16.6 Å². The van der Waals surface area contributed by atoms with E-state index < -0.39 is 5.91 Å². The number of hydrogen-bond donors (Lipinski definition) is 2. The molecule has 1 aliphatic heterocycles. The minimum absolute atomic E-state index is 0.175. The van der Waals surface area contributed by atoms with Crippen LogP contribution < -0.4 is 11.1 Å². The number of amides is 1. The first-order chi connectivity index (χ1) is 11.0. The van der Waals surface area contributed by atoms with Gasteiger partial charge in [-0.1, -0.05) is 13.8 Å². The van der Waals surface area contributed by atoms with Crippen molar-refractivity contribution < 1.29 is 9.21 Å². The molecule has 1 amide bonds. The zero-order chi connectivity index (χ0) is 16.8. The number of rotatable bonds is 5. The average molecular weight is 338 g/mol. The van der Waals surface area contributed by atoms with E-state index in [1.807, 2.05) is 11.8 Å². The lowest BCUT2D eigenvalue weighted by Gasteiger charge is -2.36. The fourth-order valence-electron chi connectivity index (χ4n) is 2.45. The van der Waals surface area contributed by atoms with Crippen LogP contribution in [0.25, 0.3) is 0 Å². The summed E-state index contributed by atoms with van der Waals surface area (Å²) in [4.78, 5) is 18.0. The third-order valence-corrected chi connectivity index (χ3v) is 5.30. The van der Waals surface area contributed by atoms with Crippen LogP contribution in [0, 0.1) is 5.92 Å². The number of primary amides is 1. The van der Waals surface area contributed by atoms with Gasteiger partial charge in [0.05, 0.1) is 0 Å². The lowest BCUT2D eigenvalue weighted by molar-refractivity contribution is 0.0972. The first kappa shape index (κ1) is 17.7. The fourth-order valence-corrected chi connectivity index (χ4v) is 3.74. The Morgan fingerprint density at radius 3 is 2.96 bits per heavy atom. The van der Waals surface area contributed by atoms with Gasteiger partial charge in [0.25, 0.3) is 5.91 Å². The number of carbonyl (C=O) groups excluding carboxylic acids is 1. The second-order valence-corrected chi connectivity index (χ2v) is 7.25. The summed E-state index contributed by atoms with van der Waals surface area (Å²) in [6, 6.07) is 3.34. The van der Waals surface area contributed by atoms with Crippen molar-refractivity contribution in [2.75, 3.05) is 25.4 Å². The molecule has 0 radical (unpaired) electrons. The molecular weight excluding hydrogens is 312 g/mol. The minimum Gasteiger partial charge on any atom is -0.454 e. The molecule has 128 valence electrons. The number of nitrogens with one attached hydrogen (secondary N) is 1. The standard InChI is InChI=1S/C16H26N4O2S/c1-4-18-16(20-7-8-23-14(10-20)11(2)3)19-9-12-5-6-13(22-12)15(17)21/h5-6,11,14H,4,7-10H2,1-3H3,(H2,17,21)(H,18,19). The summed E-state index contributed by atoms with van der Waals surface area (Å²) in [6.45, 7) is 9.79. The zero-order valence-corrected chi connectivity index (χ0v) is 14.9. The van der Waals surface area contributed by atoms with Crippen LogP contribution >= 0.6 is 11.8 Å². The molecule has 0 aromatic carbocycles. The maximum Gasteiger partial charge on any atom is 0.284 e. The molecule has 1 unspecified atom stereocenters. The van der Waals surface area contributed by atoms with E-state index in [0.717, 1.165) is 31.3 Å². The van der Waals surface area contributed by atoms with E-state index in [1.54, 1.807) is 12.1 Å². The number of carbonyl (C=O) groups is 1. The van der Waals surface area contributed by atoms with Gasteiger partial charge in [-0.25, -0.2) is 4.99 Å². The molecule has 1 aromatic heterocycles. The Hall–Kier alpha value is -1.63. The highest BCUT2D eigenvalue weighted by Gasteiger charge is 2.24. The predicted molar refractivity (Wildman–Crippen MR) is 94.7 cm³/mol. The Kier molecular flexibility index (Phi) is 6.38. The number of aliphatic imine (C=N–C) groups is 1. The van der Waals surface area contributed by atoms with Crippen LogP contribution in [0.3, 0.4) is 0 Å². The quantitative estimate of drug-likeness (QED) is 0.633. The Bertz CT molecular complexity index is 556. The van der Waals surface area contributed by atoms with Crippen LogP contribution in [-0.4, -0.2) is 47.4 Å². The fraction of sp³-hybridized carbons (Fsp3) is 0.625. The summed E-state index contributed by atoms with van der Waals surface area (Å²) in [5.74, 6) is 2.92. The molecule has 0 spiro atoms. The van der Waals surface area contributed by atoms with Gasteiger partial charge in [-0.3, -0.25) is 4.79 Å². The van der Waals surface area contributed by atoms with Crippen molar-refractivity contribution in [1.29, 1.82) is 0 Å². The van der Waals surface area contributed by atoms with Crippen molar-refractivity contribution in [3.8, 4) is 0 Å². The van der Waals surface area contributed by atoms with Crippen LogP contribution in [0.2, 0.25) is 0 Å². The first-order valence-corrected chi connectivity index (χ1v) is 9.09. The largest absolute Gasteiger partial charge is 0.454 e. The van der Waals surface area contributed by atoms with Crippen LogP contribution in [0.4, 0.5) is 0 Å². The third kappa shape index (κ3) is 4.92. The molecule has 7 heteroatoms. The van der Waals surface area contributed by atoms with E-state index >= 15 is 0 Å². The van der Waals surface area contributed by atoms with E-state index in [1.165, 1.54) is 0 Å². The molecule has 0 saturated carbocycles. The molecule has 2 heterocycles. The highest BCUT2D eigenvalue weighted by molar-refractivity contribution is 8.00. The molecule has 1 fully saturated rings. The van der Waals surface area contributed by atoms with E-state index in [-0.39, 0.29) is 5.76 Å². The highest BCUT2D eigenvalue weighted by Crippen LogP contribution is 2.25. The molecule has 1 aliphatic rings. The van der Waals surface area contributed by atoms with E-state index in [4.69, 9.17) is 10.2 Å². The van der Waals surface area contributed by atoms with Crippen molar-refractivity contribution in [1.82, 2.24) is 10.2 Å². The van der Waals surface area contributed by atoms with E-state index in [0.29, 0.717) is 23.5 Å². The number of nitrogens with zero attached hydrogens (tertiary/aromatic N) is 2. The SMILES string of the molecule is CCNC(=NCc1ccc(C(N)=O)o1)N1CCSC(C(C)C)C1. The molecule has 1 saturated heterocycles. The number of furan rings is 1. The molecule has 1 atom stereocenters. The van der Waals surface area contributed by atoms with Gasteiger partial charge in [0.1, 0.15) is 12.3 Å². The molecule has 0 bridgehead atoms. The van der Waals surface area contributed by atoms with Crippen molar-refractivity contribution in [2.45, 2.75) is 32.6 Å². The summed E-state index contributed by atoms with van der Waals surface area (Å²) in [5, 5.41) is 3.97. The zero-order valence-electron chi connectivity index (χ0n) is 14.0. The molecule has 3 N–H and O–H groups in total. The van der Waals surface area contributed by atoms with Crippen molar-refractivity contribution in [3.63, 3.8) is 0 Å². The maximum atomic E-state index is 11.1. The number of guanidine groups is 1. The lowest BCUT2D eigenvalue weighted by Crippen LogP contribution is -2.49. The Morgan fingerprint density at radius 2 is 2.35 bits per heavy atom. The molecule has 1 aromatic rings. The summed E-state index contributed by atoms with van der Waals surface area (Å²) in [5.41, 5.74) is 5.20. The molecular formula is C16H26N4O2S. The average Bonchev–Trinajstić information content (AvgIpc) is 3.00. The monoisotopic (exact) mass is 338 g/mol. The Balaban J connectivity index is 2.05. The molecule has 23 heavy (non-hydrogen) atoms. The summed E-state index contributed by atoms with van der Waals surface area (Å²) in [7, 11) is 0. The van der Waals surface area contributed by atoms with Gasteiger partial charge in [0.2, 0.25) is 0 Å². The topological polar surface area (TPSA) is 83.9 Å². The van der Waals surface area contributed by atoms with Gasteiger partial charge in [0.15, 0.2) is 11.7 Å². The van der Waals surface area contributed by atoms with Gasteiger partial charge in [-0.05, 0) is 25.0 Å². The van der Waals surface area contributed by atoms with Gasteiger partial charge in [0, 0.05) is 30.6 Å². The molecule has 6 nitrogen and oxygen atoms in total. The summed E-state index contributed by atoms with van der Waals surface area (Å²) < 4.78 is 5.39. The number of nitrogens with two attached hydrogens (primary N) is 1. The Morgan fingerprint density at radius 1 is 1.57 bits per heavy atom. The van der Waals surface area contributed by atoms with Crippen LogP contribution in [0.5, 0.6) is 0 Å². The first-order valence-electron chi connectivity index (χ1n) is 8.04. The summed E-state index contributed by atoms with van der Waals surface area (Å²) in [6.07, 6.45) is 0. The second kappa shape index (κ2) is 8.29. The molecule has 0 aliphatic carbocycles. The second-order valence-electron chi connectivity index (χ2n) is 5.90. The molecule has 2 rings (SSSR count). The predicted octanol–water partition coefficient (Wildman–Crippen LogP) is 1.92. The van der Waals surface area contributed by atoms with Crippen molar-refractivity contribution >= 4 is 23.6 Å². The van der Waals surface area contributed by atoms with Crippen LogP contribution in [-0.2, 0) is 6.54 Å². The van der Waals surface area contributed by atoms with Crippen LogP contribution in [0.15, 0.2) is 21.5 Å².